The fourth-order valence-corrected chi connectivity index (χ4v) is 1.85. The number of aromatic nitrogens is 4. The molecule has 0 atom stereocenters. The lowest BCUT2D eigenvalue weighted by Gasteiger charge is -2.07. The first kappa shape index (κ1) is 11.4. The number of H-pyrrole nitrogens is 1. The van der Waals surface area contributed by atoms with Crippen molar-refractivity contribution in [1.29, 1.82) is 0 Å². The van der Waals surface area contributed by atoms with Gasteiger partial charge in [-0.1, -0.05) is 42.5 Å². The molecule has 1 aromatic heterocycles. The van der Waals surface area contributed by atoms with Gasteiger partial charge in [-0.25, -0.2) is 0 Å². The van der Waals surface area contributed by atoms with E-state index >= 15 is 0 Å². The van der Waals surface area contributed by atoms with E-state index in [4.69, 9.17) is 0 Å². The van der Waals surface area contributed by atoms with Gasteiger partial charge >= 0.3 is 0 Å². The third-order valence-corrected chi connectivity index (χ3v) is 2.81. The van der Waals surface area contributed by atoms with Crippen LogP contribution < -0.4 is 5.32 Å². The Hall–Kier alpha value is -2.69. The predicted molar refractivity (Wildman–Crippen MR) is 73.4 cm³/mol. The average molecular weight is 251 g/mol. The third kappa shape index (κ3) is 2.77. The number of nitrogens with one attached hydrogen (secondary N) is 2. The van der Waals surface area contributed by atoms with Crippen LogP contribution in [0.15, 0.2) is 54.6 Å². The van der Waals surface area contributed by atoms with Gasteiger partial charge in [-0.05, 0) is 22.9 Å². The number of hydrogen-bond donors (Lipinski definition) is 2. The summed E-state index contributed by atoms with van der Waals surface area (Å²) in [4.78, 5) is 0. The van der Waals surface area contributed by atoms with Crippen LogP contribution >= 0.6 is 0 Å². The van der Waals surface area contributed by atoms with Gasteiger partial charge in [0.1, 0.15) is 0 Å². The van der Waals surface area contributed by atoms with Crippen molar-refractivity contribution in [2.75, 3.05) is 5.32 Å². The van der Waals surface area contributed by atoms with Crippen LogP contribution in [-0.4, -0.2) is 20.6 Å². The lowest BCUT2D eigenvalue weighted by Crippen LogP contribution is -1.99. The number of benzene rings is 2. The summed E-state index contributed by atoms with van der Waals surface area (Å²) >= 11 is 0. The SMILES string of the molecule is c1ccc(CNc2cccc(-c3nn[nH]n3)c2)cc1. The minimum absolute atomic E-state index is 0.600. The highest BCUT2D eigenvalue weighted by molar-refractivity contribution is 5.61. The standard InChI is InChI=1S/C14H13N5/c1-2-5-11(6-3-1)10-15-13-8-4-7-12(9-13)14-16-18-19-17-14/h1-9,15H,10H2,(H,16,17,18,19). The Morgan fingerprint density at radius 1 is 1.00 bits per heavy atom. The predicted octanol–water partition coefficient (Wildman–Crippen LogP) is 2.48. The summed E-state index contributed by atoms with van der Waals surface area (Å²) in [5, 5.41) is 17.3. The first-order valence-electron chi connectivity index (χ1n) is 6.03. The highest BCUT2D eigenvalue weighted by Crippen LogP contribution is 2.18. The van der Waals surface area contributed by atoms with Crippen LogP contribution in [0.5, 0.6) is 0 Å². The molecule has 0 amide bonds. The van der Waals surface area contributed by atoms with E-state index in [0.717, 1.165) is 17.8 Å². The molecule has 0 aliphatic carbocycles. The van der Waals surface area contributed by atoms with Crippen molar-refractivity contribution in [2.45, 2.75) is 6.54 Å². The van der Waals surface area contributed by atoms with E-state index in [1.165, 1.54) is 5.56 Å². The van der Waals surface area contributed by atoms with Crippen molar-refractivity contribution in [3.05, 3.63) is 60.2 Å². The average Bonchev–Trinajstić information content (AvgIpc) is 3.01. The Morgan fingerprint density at radius 2 is 1.89 bits per heavy atom. The maximum Gasteiger partial charge on any atom is 0.204 e. The molecule has 5 heteroatoms. The van der Waals surface area contributed by atoms with Gasteiger partial charge in [-0.2, -0.15) is 5.21 Å². The van der Waals surface area contributed by atoms with Gasteiger partial charge in [-0.3, -0.25) is 0 Å². The molecule has 0 radical (unpaired) electrons. The Balaban J connectivity index is 1.74. The quantitative estimate of drug-likeness (QED) is 0.747. The van der Waals surface area contributed by atoms with Gasteiger partial charge in [0, 0.05) is 17.8 Å². The normalized spacial score (nSPS) is 10.3. The Labute approximate surface area is 110 Å². The maximum atomic E-state index is 3.97. The van der Waals surface area contributed by atoms with Crippen molar-refractivity contribution in [2.24, 2.45) is 0 Å². The van der Waals surface area contributed by atoms with Gasteiger partial charge in [0.15, 0.2) is 0 Å². The molecule has 0 saturated heterocycles. The molecule has 3 rings (SSSR count). The zero-order valence-corrected chi connectivity index (χ0v) is 10.2. The molecule has 0 bridgehead atoms. The van der Waals surface area contributed by atoms with E-state index in [1.807, 2.05) is 42.5 Å². The molecule has 0 spiro atoms. The monoisotopic (exact) mass is 251 g/mol. The van der Waals surface area contributed by atoms with Gasteiger partial charge < -0.3 is 5.32 Å². The lowest BCUT2D eigenvalue weighted by molar-refractivity contribution is 0.881. The van der Waals surface area contributed by atoms with Crippen molar-refractivity contribution in [3.63, 3.8) is 0 Å². The van der Waals surface area contributed by atoms with E-state index < -0.39 is 0 Å². The molecule has 2 aromatic carbocycles. The number of hydrogen-bond acceptors (Lipinski definition) is 4. The third-order valence-electron chi connectivity index (χ3n) is 2.81. The second kappa shape index (κ2) is 5.30. The number of tetrazole rings is 1. The summed E-state index contributed by atoms with van der Waals surface area (Å²) < 4.78 is 0. The molecular formula is C14H13N5. The summed E-state index contributed by atoms with van der Waals surface area (Å²) in [6, 6.07) is 18.2. The van der Waals surface area contributed by atoms with Crippen molar-refractivity contribution in [1.82, 2.24) is 20.6 Å². The molecule has 0 aliphatic heterocycles. The minimum Gasteiger partial charge on any atom is -0.381 e. The van der Waals surface area contributed by atoms with E-state index in [0.29, 0.717) is 5.82 Å². The fourth-order valence-electron chi connectivity index (χ4n) is 1.85. The number of nitrogens with zero attached hydrogens (tertiary/aromatic N) is 3. The van der Waals surface area contributed by atoms with Crippen LogP contribution in [0, 0.1) is 0 Å². The summed E-state index contributed by atoms with van der Waals surface area (Å²) in [5.41, 5.74) is 3.21. The van der Waals surface area contributed by atoms with Gasteiger partial charge in [0.25, 0.3) is 0 Å². The largest absolute Gasteiger partial charge is 0.381 e. The van der Waals surface area contributed by atoms with E-state index in [2.05, 4.69) is 38.1 Å². The second-order valence-corrected chi connectivity index (χ2v) is 4.16. The van der Waals surface area contributed by atoms with Gasteiger partial charge in [-0.15, -0.1) is 10.2 Å². The van der Waals surface area contributed by atoms with E-state index in [9.17, 15) is 0 Å². The summed E-state index contributed by atoms with van der Waals surface area (Å²) in [5.74, 6) is 0.600. The lowest BCUT2D eigenvalue weighted by atomic mass is 10.2. The Morgan fingerprint density at radius 3 is 2.68 bits per heavy atom. The van der Waals surface area contributed by atoms with Crippen LogP contribution in [0.1, 0.15) is 5.56 Å². The number of aromatic amines is 1. The van der Waals surface area contributed by atoms with Crippen LogP contribution in [0.4, 0.5) is 5.69 Å². The molecule has 2 N–H and O–H groups in total. The highest BCUT2D eigenvalue weighted by atomic mass is 15.5. The van der Waals surface area contributed by atoms with Crippen molar-refractivity contribution in [3.8, 4) is 11.4 Å². The first-order valence-corrected chi connectivity index (χ1v) is 6.03. The topological polar surface area (TPSA) is 66.5 Å². The molecule has 94 valence electrons. The number of rotatable bonds is 4. The Bertz CT molecular complexity index is 634. The molecule has 3 aromatic rings. The molecule has 0 unspecified atom stereocenters. The zero-order chi connectivity index (χ0) is 12.9. The summed E-state index contributed by atoms with van der Waals surface area (Å²) in [7, 11) is 0. The molecular weight excluding hydrogens is 238 g/mol. The molecule has 0 aliphatic rings. The van der Waals surface area contributed by atoms with Gasteiger partial charge in [0.2, 0.25) is 5.82 Å². The van der Waals surface area contributed by atoms with Crippen LogP contribution in [0.2, 0.25) is 0 Å². The first-order chi connectivity index (χ1) is 9.42. The summed E-state index contributed by atoms with van der Waals surface area (Å²) in [6.45, 7) is 0.788. The van der Waals surface area contributed by atoms with Crippen LogP contribution in [-0.2, 0) is 6.54 Å². The smallest absolute Gasteiger partial charge is 0.204 e. The highest BCUT2D eigenvalue weighted by Gasteiger charge is 2.03. The van der Waals surface area contributed by atoms with E-state index in [1.54, 1.807) is 0 Å². The Kier molecular flexibility index (Phi) is 3.18. The van der Waals surface area contributed by atoms with Crippen molar-refractivity contribution < 1.29 is 0 Å². The zero-order valence-electron chi connectivity index (χ0n) is 10.2. The molecule has 1 heterocycles. The van der Waals surface area contributed by atoms with Crippen LogP contribution in [0.25, 0.3) is 11.4 Å². The van der Waals surface area contributed by atoms with E-state index in [-0.39, 0.29) is 0 Å². The molecule has 0 saturated carbocycles. The molecule has 19 heavy (non-hydrogen) atoms. The van der Waals surface area contributed by atoms with Gasteiger partial charge in [0.05, 0.1) is 0 Å². The summed E-state index contributed by atoms with van der Waals surface area (Å²) in [6.07, 6.45) is 0. The van der Waals surface area contributed by atoms with Crippen LogP contribution in [0.3, 0.4) is 0 Å². The maximum absolute atomic E-state index is 3.97. The fraction of sp³-hybridized carbons (Fsp3) is 0.0714. The number of anilines is 1. The second-order valence-electron chi connectivity index (χ2n) is 4.16. The van der Waals surface area contributed by atoms with Crippen molar-refractivity contribution >= 4 is 5.69 Å². The minimum atomic E-state index is 0.600. The molecule has 0 fully saturated rings. The molecule has 5 nitrogen and oxygen atoms in total.